The molecule has 2 aromatic rings. The summed E-state index contributed by atoms with van der Waals surface area (Å²) in [5.41, 5.74) is 0.858. The molecule has 0 saturated heterocycles. The summed E-state index contributed by atoms with van der Waals surface area (Å²) in [6, 6.07) is 11.2. The Kier molecular flexibility index (Phi) is 4.71. The number of hydrogen-bond acceptors (Lipinski definition) is 2. The summed E-state index contributed by atoms with van der Waals surface area (Å²) < 4.78 is 38.6. The summed E-state index contributed by atoms with van der Waals surface area (Å²) in [7, 11) is 0. The van der Waals surface area contributed by atoms with Crippen molar-refractivity contribution in [1.29, 1.82) is 0 Å². The third-order valence-electron chi connectivity index (χ3n) is 4.39. The van der Waals surface area contributed by atoms with Crippen LogP contribution in [0.25, 0.3) is 0 Å². The zero-order valence-corrected chi connectivity index (χ0v) is 13.9. The topological polar surface area (TPSA) is 58.2 Å². The molecule has 0 fully saturated rings. The standard InChI is InChI=1S/C19H17F3N2O2/c1-11(12-5-4-6-13(9-12)19(20,21)22)23-18(26)15-10-17(25)24-16-8-3-2-7-14(15)16/h2-9,11,15H,10H2,1H3,(H,23,26)(H,24,25). The molecule has 0 spiro atoms. The Morgan fingerprint density at radius 2 is 1.92 bits per heavy atom. The molecular weight excluding hydrogens is 345 g/mol. The zero-order chi connectivity index (χ0) is 18.9. The fourth-order valence-electron chi connectivity index (χ4n) is 3.03. The number of alkyl halides is 3. The summed E-state index contributed by atoms with van der Waals surface area (Å²) in [5.74, 6) is -1.33. The number of carbonyl (C=O) groups excluding carboxylic acids is 2. The van der Waals surface area contributed by atoms with E-state index < -0.39 is 29.6 Å². The highest BCUT2D eigenvalue weighted by molar-refractivity contribution is 6.01. The minimum Gasteiger partial charge on any atom is -0.349 e. The second kappa shape index (κ2) is 6.82. The number of rotatable bonds is 3. The molecule has 136 valence electrons. The van der Waals surface area contributed by atoms with Crippen molar-refractivity contribution in [2.75, 3.05) is 5.32 Å². The highest BCUT2D eigenvalue weighted by Gasteiger charge is 2.32. The van der Waals surface area contributed by atoms with Gasteiger partial charge >= 0.3 is 6.18 Å². The molecule has 2 unspecified atom stereocenters. The number of halogens is 3. The van der Waals surface area contributed by atoms with Crippen molar-refractivity contribution in [3.05, 3.63) is 65.2 Å². The van der Waals surface area contributed by atoms with Gasteiger partial charge in [0.2, 0.25) is 11.8 Å². The van der Waals surface area contributed by atoms with Crippen LogP contribution in [0.1, 0.15) is 42.0 Å². The maximum absolute atomic E-state index is 12.9. The first-order valence-corrected chi connectivity index (χ1v) is 8.12. The largest absolute Gasteiger partial charge is 0.416 e. The van der Waals surface area contributed by atoms with E-state index in [9.17, 15) is 22.8 Å². The first-order valence-electron chi connectivity index (χ1n) is 8.12. The summed E-state index contributed by atoms with van der Waals surface area (Å²) in [6.07, 6.45) is -4.45. The van der Waals surface area contributed by atoms with Crippen molar-refractivity contribution in [2.24, 2.45) is 0 Å². The Bertz CT molecular complexity index is 849. The number of amides is 2. The molecule has 3 rings (SSSR count). The minimum absolute atomic E-state index is 0.00183. The van der Waals surface area contributed by atoms with E-state index >= 15 is 0 Å². The lowest BCUT2D eigenvalue weighted by Crippen LogP contribution is -2.36. The molecule has 4 nitrogen and oxygen atoms in total. The molecule has 26 heavy (non-hydrogen) atoms. The van der Waals surface area contributed by atoms with Crippen LogP contribution >= 0.6 is 0 Å². The number of para-hydroxylation sites is 1. The lowest BCUT2D eigenvalue weighted by Gasteiger charge is -2.26. The van der Waals surface area contributed by atoms with Crippen LogP contribution in [0, 0.1) is 0 Å². The van der Waals surface area contributed by atoms with Crippen molar-refractivity contribution in [1.82, 2.24) is 5.32 Å². The monoisotopic (exact) mass is 362 g/mol. The fraction of sp³-hybridized carbons (Fsp3) is 0.263. The Morgan fingerprint density at radius 3 is 2.65 bits per heavy atom. The van der Waals surface area contributed by atoms with E-state index in [4.69, 9.17) is 0 Å². The Morgan fingerprint density at radius 1 is 1.19 bits per heavy atom. The van der Waals surface area contributed by atoms with Crippen molar-refractivity contribution in [3.8, 4) is 0 Å². The minimum atomic E-state index is -4.44. The first-order chi connectivity index (χ1) is 12.3. The van der Waals surface area contributed by atoms with E-state index in [2.05, 4.69) is 10.6 Å². The Labute approximate surface area is 148 Å². The van der Waals surface area contributed by atoms with Crippen molar-refractivity contribution in [3.63, 3.8) is 0 Å². The van der Waals surface area contributed by atoms with Gasteiger partial charge in [0, 0.05) is 12.1 Å². The molecule has 0 aromatic heterocycles. The van der Waals surface area contributed by atoms with Crippen LogP contribution in [-0.2, 0) is 15.8 Å². The SMILES string of the molecule is CC(NC(=O)C1CC(=O)Nc2ccccc21)c1cccc(C(F)(F)F)c1. The first kappa shape index (κ1) is 18.0. The Hall–Kier alpha value is -2.83. The molecule has 2 amide bonds. The number of anilines is 1. The van der Waals surface area contributed by atoms with Crippen LogP contribution in [0.2, 0.25) is 0 Å². The molecule has 2 atom stereocenters. The predicted octanol–water partition coefficient (Wildman–Crippen LogP) is 4.01. The van der Waals surface area contributed by atoms with E-state index in [-0.39, 0.29) is 12.3 Å². The third kappa shape index (κ3) is 3.71. The molecule has 1 aliphatic heterocycles. The smallest absolute Gasteiger partial charge is 0.349 e. The highest BCUT2D eigenvalue weighted by atomic mass is 19.4. The highest BCUT2D eigenvalue weighted by Crippen LogP contribution is 2.33. The number of hydrogen-bond donors (Lipinski definition) is 2. The number of fused-ring (bicyclic) bond motifs is 1. The summed E-state index contributed by atoms with van der Waals surface area (Å²) in [6.45, 7) is 1.61. The van der Waals surface area contributed by atoms with E-state index in [1.165, 1.54) is 12.1 Å². The number of nitrogens with one attached hydrogen (secondary N) is 2. The third-order valence-corrected chi connectivity index (χ3v) is 4.39. The molecule has 0 radical (unpaired) electrons. The van der Waals surface area contributed by atoms with E-state index in [1.807, 2.05) is 0 Å². The molecule has 7 heteroatoms. The maximum Gasteiger partial charge on any atom is 0.416 e. The molecule has 2 N–H and O–H groups in total. The number of benzene rings is 2. The molecule has 1 heterocycles. The zero-order valence-electron chi connectivity index (χ0n) is 13.9. The van der Waals surface area contributed by atoms with Crippen LogP contribution < -0.4 is 10.6 Å². The predicted molar refractivity (Wildman–Crippen MR) is 90.4 cm³/mol. The van der Waals surface area contributed by atoms with Crippen LogP contribution in [0.4, 0.5) is 18.9 Å². The molecule has 0 saturated carbocycles. The normalized spacial score (nSPS) is 17.8. The lowest BCUT2D eigenvalue weighted by atomic mass is 9.89. The fourth-order valence-corrected chi connectivity index (χ4v) is 3.03. The molecule has 1 aliphatic rings. The van der Waals surface area contributed by atoms with Gasteiger partial charge in [0.25, 0.3) is 0 Å². The average molecular weight is 362 g/mol. The van der Waals surface area contributed by atoms with Crippen LogP contribution in [0.5, 0.6) is 0 Å². The van der Waals surface area contributed by atoms with Gasteiger partial charge in [-0.2, -0.15) is 13.2 Å². The van der Waals surface area contributed by atoms with Crippen molar-refractivity contribution >= 4 is 17.5 Å². The van der Waals surface area contributed by atoms with Crippen LogP contribution in [0.3, 0.4) is 0 Å². The van der Waals surface area contributed by atoms with E-state index in [0.29, 0.717) is 16.8 Å². The summed E-state index contributed by atoms with van der Waals surface area (Å²) in [4.78, 5) is 24.5. The van der Waals surface area contributed by atoms with E-state index in [1.54, 1.807) is 31.2 Å². The molecule has 0 bridgehead atoms. The van der Waals surface area contributed by atoms with Gasteiger partial charge in [0.05, 0.1) is 17.5 Å². The number of carbonyl (C=O) groups is 2. The average Bonchev–Trinajstić information content (AvgIpc) is 2.60. The van der Waals surface area contributed by atoms with Gasteiger partial charge in [-0.25, -0.2) is 0 Å². The molecular formula is C19H17F3N2O2. The lowest BCUT2D eigenvalue weighted by molar-refractivity contribution is -0.137. The summed E-state index contributed by atoms with van der Waals surface area (Å²) in [5, 5.41) is 5.43. The molecule has 2 aromatic carbocycles. The van der Waals surface area contributed by atoms with Crippen LogP contribution in [0.15, 0.2) is 48.5 Å². The molecule has 0 aliphatic carbocycles. The van der Waals surface area contributed by atoms with Gasteiger partial charge in [0.15, 0.2) is 0 Å². The quantitative estimate of drug-likeness (QED) is 0.867. The second-order valence-electron chi connectivity index (χ2n) is 6.25. The van der Waals surface area contributed by atoms with Gasteiger partial charge in [-0.15, -0.1) is 0 Å². The van der Waals surface area contributed by atoms with E-state index in [0.717, 1.165) is 12.1 Å². The van der Waals surface area contributed by atoms with Gasteiger partial charge in [-0.1, -0.05) is 30.3 Å². The van der Waals surface area contributed by atoms with Gasteiger partial charge in [-0.05, 0) is 36.2 Å². The maximum atomic E-state index is 12.9. The van der Waals surface area contributed by atoms with Crippen molar-refractivity contribution < 1.29 is 22.8 Å². The Balaban J connectivity index is 1.79. The van der Waals surface area contributed by atoms with Crippen LogP contribution in [-0.4, -0.2) is 11.8 Å². The van der Waals surface area contributed by atoms with Gasteiger partial charge in [-0.3, -0.25) is 9.59 Å². The summed E-state index contributed by atoms with van der Waals surface area (Å²) >= 11 is 0. The van der Waals surface area contributed by atoms with Crippen molar-refractivity contribution in [2.45, 2.75) is 31.5 Å². The second-order valence-corrected chi connectivity index (χ2v) is 6.25. The van der Waals surface area contributed by atoms with Gasteiger partial charge in [0.1, 0.15) is 0 Å². The van der Waals surface area contributed by atoms with Gasteiger partial charge < -0.3 is 10.6 Å².